The number of ether oxygens (including phenoxy) is 1. The van der Waals surface area contributed by atoms with Crippen molar-refractivity contribution in [3.63, 3.8) is 0 Å². The lowest BCUT2D eigenvalue weighted by molar-refractivity contribution is -0.136. The highest BCUT2D eigenvalue weighted by molar-refractivity contribution is 6.39. The van der Waals surface area contributed by atoms with Crippen LogP contribution in [0.3, 0.4) is 0 Å². The molecule has 2 amide bonds. The molecule has 142 valence electrons. The van der Waals surface area contributed by atoms with Gasteiger partial charge < -0.3 is 15.4 Å². The van der Waals surface area contributed by atoms with Gasteiger partial charge in [-0.3, -0.25) is 9.59 Å². The summed E-state index contributed by atoms with van der Waals surface area (Å²) in [5.74, 6) is -2.17. The molecule has 0 aliphatic carbocycles. The van der Waals surface area contributed by atoms with Crippen LogP contribution in [0.25, 0.3) is 0 Å². The monoisotopic (exact) mass is 390 g/mol. The molecular weight excluding hydrogens is 371 g/mol. The van der Waals surface area contributed by atoms with Crippen molar-refractivity contribution in [3.8, 4) is 0 Å². The number of halogens is 2. The van der Waals surface area contributed by atoms with Gasteiger partial charge >= 0.3 is 11.8 Å². The third-order valence-electron chi connectivity index (χ3n) is 4.81. The van der Waals surface area contributed by atoms with Gasteiger partial charge in [0.05, 0.1) is 5.02 Å². The van der Waals surface area contributed by atoms with Crippen LogP contribution in [0.15, 0.2) is 48.5 Å². The molecule has 1 heterocycles. The molecule has 0 aromatic heterocycles. The van der Waals surface area contributed by atoms with Gasteiger partial charge in [-0.15, -0.1) is 0 Å². The standard InChI is InChI=1S/C20H20ClFN2O3/c21-16-12-15(6-7-17(16)22)24-19(26)18(25)23-13-20(8-10-27-11-9-20)14-4-2-1-3-5-14/h1-7,12H,8-11,13H2,(H,23,25)(H,24,26). The summed E-state index contributed by atoms with van der Waals surface area (Å²) in [6.07, 6.45) is 1.51. The molecule has 1 aliphatic heterocycles. The van der Waals surface area contributed by atoms with Crippen molar-refractivity contribution in [2.24, 2.45) is 0 Å². The van der Waals surface area contributed by atoms with Crippen LogP contribution in [-0.4, -0.2) is 31.6 Å². The van der Waals surface area contributed by atoms with Crippen LogP contribution in [-0.2, 0) is 19.7 Å². The number of nitrogens with one attached hydrogen (secondary N) is 2. The van der Waals surface area contributed by atoms with Gasteiger partial charge in [0.1, 0.15) is 5.82 Å². The maximum absolute atomic E-state index is 13.2. The molecule has 5 nitrogen and oxygen atoms in total. The van der Waals surface area contributed by atoms with Gasteiger partial charge in [-0.25, -0.2) is 4.39 Å². The van der Waals surface area contributed by atoms with E-state index in [0.717, 1.165) is 24.5 Å². The minimum Gasteiger partial charge on any atom is -0.381 e. The Hall–Kier alpha value is -2.44. The van der Waals surface area contributed by atoms with Gasteiger partial charge in [0.15, 0.2) is 0 Å². The average Bonchev–Trinajstić information content (AvgIpc) is 2.70. The zero-order valence-electron chi connectivity index (χ0n) is 14.6. The number of hydrogen-bond donors (Lipinski definition) is 2. The summed E-state index contributed by atoms with van der Waals surface area (Å²) in [6.45, 7) is 1.53. The number of hydrogen-bond acceptors (Lipinski definition) is 3. The van der Waals surface area contributed by atoms with Crippen LogP contribution in [0, 0.1) is 5.82 Å². The minimum atomic E-state index is -0.826. The first-order valence-electron chi connectivity index (χ1n) is 8.68. The third kappa shape index (κ3) is 4.64. The van der Waals surface area contributed by atoms with Crippen LogP contribution in [0.1, 0.15) is 18.4 Å². The zero-order chi connectivity index (χ0) is 19.3. The molecule has 2 aromatic carbocycles. The van der Waals surface area contributed by atoms with Gasteiger partial charge in [0.25, 0.3) is 0 Å². The summed E-state index contributed by atoms with van der Waals surface area (Å²) >= 11 is 5.69. The zero-order valence-corrected chi connectivity index (χ0v) is 15.4. The second-order valence-corrected chi connectivity index (χ2v) is 6.93. The van der Waals surface area contributed by atoms with E-state index in [1.807, 2.05) is 30.3 Å². The Labute approximate surface area is 161 Å². The molecule has 2 N–H and O–H groups in total. The SMILES string of the molecule is O=C(NCC1(c2ccccc2)CCOCC1)C(=O)Nc1ccc(F)c(Cl)c1. The number of carbonyl (C=O) groups is 2. The molecule has 0 saturated carbocycles. The second kappa shape index (κ2) is 8.50. The lowest BCUT2D eigenvalue weighted by Gasteiger charge is -2.37. The Kier molecular flexibility index (Phi) is 6.08. The fourth-order valence-electron chi connectivity index (χ4n) is 3.21. The minimum absolute atomic E-state index is 0.126. The Morgan fingerprint density at radius 3 is 2.44 bits per heavy atom. The topological polar surface area (TPSA) is 67.4 Å². The summed E-state index contributed by atoms with van der Waals surface area (Å²) in [5, 5.41) is 5.02. The predicted molar refractivity (Wildman–Crippen MR) is 101 cm³/mol. The Bertz CT molecular complexity index is 823. The number of amides is 2. The molecule has 0 spiro atoms. The molecule has 1 aliphatic rings. The van der Waals surface area contributed by atoms with E-state index in [1.54, 1.807) is 0 Å². The van der Waals surface area contributed by atoms with E-state index >= 15 is 0 Å². The van der Waals surface area contributed by atoms with Gasteiger partial charge in [-0.2, -0.15) is 0 Å². The lowest BCUT2D eigenvalue weighted by Crippen LogP contribution is -2.47. The van der Waals surface area contributed by atoms with Crippen molar-refractivity contribution in [2.75, 3.05) is 25.1 Å². The van der Waals surface area contributed by atoms with Crippen molar-refractivity contribution in [3.05, 3.63) is 64.9 Å². The normalized spacial score (nSPS) is 15.8. The third-order valence-corrected chi connectivity index (χ3v) is 5.10. The number of benzene rings is 2. The van der Waals surface area contributed by atoms with Gasteiger partial charge in [0.2, 0.25) is 0 Å². The van der Waals surface area contributed by atoms with Crippen molar-refractivity contribution < 1.29 is 18.7 Å². The number of rotatable bonds is 4. The number of carbonyl (C=O) groups excluding carboxylic acids is 2. The highest BCUT2D eigenvalue weighted by Crippen LogP contribution is 2.34. The van der Waals surface area contributed by atoms with E-state index in [0.29, 0.717) is 19.8 Å². The molecule has 2 aromatic rings. The molecule has 0 unspecified atom stereocenters. The first-order chi connectivity index (χ1) is 13.0. The van der Waals surface area contributed by atoms with Crippen LogP contribution in [0.2, 0.25) is 5.02 Å². The smallest absolute Gasteiger partial charge is 0.313 e. The van der Waals surface area contributed by atoms with E-state index in [-0.39, 0.29) is 16.1 Å². The van der Waals surface area contributed by atoms with Gasteiger partial charge in [-0.05, 0) is 36.6 Å². The quantitative estimate of drug-likeness (QED) is 0.787. The van der Waals surface area contributed by atoms with E-state index in [4.69, 9.17) is 16.3 Å². The molecule has 0 atom stereocenters. The first kappa shape index (κ1) is 19.3. The molecular formula is C20H20ClFN2O3. The van der Waals surface area contributed by atoms with Crippen LogP contribution >= 0.6 is 11.6 Å². The molecule has 1 saturated heterocycles. The predicted octanol–water partition coefficient (Wildman–Crippen LogP) is 3.28. The van der Waals surface area contributed by atoms with Crippen LogP contribution in [0.4, 0.5) is 10.1 Å². The maximum atomic E-state index is 13.2. The largest absolute Gasteiger partial charge is 0.381 e. The van der Waals surface area contributed by atoms with Crippen molar-refractivity contribution in [1.29, 1.82) is 0 Å². The van der Waals surface area contributed by atoms with Crippen molar-refractivity contribution in [1.82, 2.24) is 5.32 Å². The Morgan fingerprint density at radius 1 is 1.07 bits per heavy atom. The molecule has 27 heavy (non-hydrogen) atoms. The average molecular weight is 391 g/mol. The van der Waals surface area contributed by atoms with E-state index in [2.05, 4.69) is 10.6 Å². The summed E-state index contributed by atoms with van der Waals surface area (Å²) in [6, 6.07) is 13.6. The second-order valence-electron chi connectivity index (χ2n) is 6.52. The number of anilines is 1. The summed E-state index contributed by atoms with van der Waals surface area (Å²) in [4.78, 5) is 24.4. The van der Waals surface area contributed by atoms with E-state index in [9.17, 15) is 14.0 Å². The summed E-state index contributed by atoms with van der Waals surface area (Å²) < 4.78 is 18.7. The Morgan fingerprint density at radius 2 is 1.78 bits per heavy atom. The molecule has 0 radical (unpaired) electrons. The van der Waals surface area contributed by atoms with Crippen molar-refractivity contribution in [2.45, 2.75) is 18.3 Å². The van der Waals surface area contributed by atoms with Gasteiger partial charge in [-0.1, -0.05) is 41.9 Å². The van der Waals surface area contributed by atoms with Gasteiger partial charge in [0, 0.05) is 30.9 Å². The fourth-order valence-corrected chi connectivity index (χ4v) is 3.39. The van der Waals surface area contributed by atoms with Crippen LogP contribution in [0.5, 0.6) is 0 Å². The molecule has 1 fully saturated rings. The lowest BCUT2D eigenvalue weighted by atomic mass is 9.74. The summed E-state index contributed by atoms with van der Waals surface area (Å²) in [5.41, 5.74) is 1.10. The highest BCUT2D eigenvalue weighted by Gasteiger charge is 2.35. The van der Waals surface area contributed by atoms with E-state index < -0.39 is 17.6 Å². The highest BCUT2D eigenvalue weighted by atomic mass is 35.5. The Balaban J connectivity index is 1.65. The van der Waals surface area contributed by atoms with Crippen molar-refractivity contribution >= 4 is 29.1 Å². The van der Waals surface area contributed by atoms with E-state index in [1.165, 1.54) is 12.1 Å². The van der Waals surface area contributed by atoms with Crippen LogP contribution < -0.4 is 10.6 Å². The molecule has 3 rings (SSSR count). The fraction of sp³-hybridized carbons (Fsp3) is 0.300. The first-order valence-corrected chi connectivity index (χ1v) is 9.05. The molecule has 0 bridgehead atoms. The maximum Gasteiger partial charge on any atom is 0.313 e. The molecule has 7 heteroatoms. The summed E-state index contributed by atoms with van der Waals surface area (Å²) in [7, 11) is 0.